The molecule has 0 saturated heterocycles. The maximum absolute atomic E-state index is 13.4. The van der Waals surface area contributed by atoms with E-state index in [1.807, 2.05) is 24.3 Å². The van der Waals surface area contributed by atoms with Crippen molar-refractivity contribution in [3.63, 3.8) is 0 Å². The number of fused-ring (bicyclic) bond motifs is 3. The number of aliphatic hydroxyl groups is 1. The van der Waals surface area contributed by atoms with Crippen LogP contribution in [-0.2, 0) is 14.8 Å². The summed E-state index contributed by atoms with van der Waals surface area (Å²) in [6.45, 7) is 7.35. The number of nitrogens with one attached hydrogen (secondary N) is 1. The highest BCUT2D eigenvalue weighted by molar-refractivity contribution is 7.92. The summed E-state index contributed by atoms with van der Waals surface area (Å²) in [5, 5.41) is 10.5. The van der Waals surface area contributed by atoms with E-state index in [1.165, 1.54) is 7.11 Å². The summed E-state index contributed by atoms with van der Waals surface area (Å²) >= 11 is 0. The summed E-state index contributed by atoms with van der Waals surface area (Å²) in [6, 6.07) is 10.5. The van der Waals surface area contributed by atoms with E-state index in [1.54, 1.807) is 24.3 Å². The van der Waals surface area contributed by atoms with Crippen molar-refractivity contribution in [2.75, 3.05) is 38.1 Å². The second-order valence-corrected chi connectivity index (χ2v) is 10.1. The number of hydrogen-bond donors (Lipinski definition) is 2. The van der Waals surface area contributed by atoms with Gasteiger partial charge in [-0.15, -0.1) is 0 Å². The zero-order chi connectivity index (χ0) is 23.6. The Kier molecular flexibility index (Phi) is 7.09. The molecule has 0 amide bonds. The molecule has 0 bridgehead atoms. The van der Waals surface area contributed by atoms with Crippen molar-refractivity contribution >= 4 is 21.8 Å². The quantitative estimate of drug-likeness (QED) is 0.509. The largest absolute Gasteiger partial charge is 0.492 e. The molecule has 1 aliphatic carbocycles. The summed E-state index contributed by atoms with van der Waals surface area (Å²) in [5.41, 5.74) is 2.17. The van der Waals surface area contributed by atoms with Gasteiger partial charge in [-0.3, -0.25) is 4.72 Å². The number of sulfonamides is 1. The lowest BCUT2D eigenvalue weighted by atomic mass is 10.00. The van der Waals surface area contributed by atoms with E-state index in [2.05, 4.69) is 23.5 Å². The van der Waals surface area contributed by atoms with E-state index in [-0.39, 0.29) is 10.6 Å². The van der Waals surface area contributed by atoms with Gasteiger partial charge in [0.15, 0.2) is 6.29 Å². The first-order valence-corrected chi connectivity index (χ1v) is 12.9. The standard InChI is InChI=1S/C25H32N2O5S/c1-4-27(5-2)14-8-10-17-9-6-7-11-22(17)33(29,30)26-21-13-12-19-20-15-18(20)16-32-24(19)23(21)25(28)31-3/h6-13,18,20,25-26,28H,4-5,14-16H2,1-3H3/b10-8-. The summed E-state index contributed by atoms with van der Waals surface area (Å²) in [5.74, 6) is 1.43. The molecule has 1 fully saturated rings. The van der Waals surface area contributed by atoms with Crippen LogP contribution in [0.15, 0.2) is 47.4 Å². The summed E-state index contributed by atoms with van der Waals surface area (Å²) in [6.07, 6.45) is 3.55. The van der Waals surface area contributed by atoms with Crippen molar-refractivity contribution in [3.8, 4) is 5.75 Å². The molecule has 178 valence electrons. The summed E-state index contributed by atoms with van der Waals surface area (Å²) in [7, 11) is -2.56. The van der Waals surface area contributed by atoms with Crippen LogP contribution >= 0.6 is 0 Å². The molecule has 3 atom stereocenters. The first kappa shape index (κ1) is 23.8. The highest BCUT2D eigenvalue weighted by Crippen LogP contribution is 2.56. The SMILES string of the molecule is CCN(CC)C/C=C\c1ccccc1S(=O)(=O)Nc1ccc2c(c1C(O)OC)OCC1CC21. The van der Waals surface area contributed by atoms with Crippen LogP contribution in [0.1, 0.15) is 49.2 Å². The fourth-order valence-electron chi connectivity index (χ4n) is 4.40. The van der Waals surface area contributed by atoms with Gasteiger partial charge >= 0.3 is 0 Å². The van der Waals surface area contributed by atoms with Crippen molar-refractivity contribution < 1.29 is 23.0 Å². The number of likely N-dealkylation sites (N-methyl/N-ethyl adjacent to an activating group) is 1. The van der Waals surface area contributed by atoms with Gasteiger partial charge in [-0.1, -0.05) is 50.3 Å². The van der Waals surface area contributed by atoms with Gasteiger partial charge in [0.05, 0.1) is 22.8 Å². The molecular weight excluding hydrogens is 440 g/mol. The predicted octanol–water partition coefficient (Wildman–Crippen LogP) is 3.98. The molecule has 2 aromatic carbocycles. The van der Waals surface area contributed by atoms with Crippen LogP contribution in [0.2, 0.25) is 0 Å². The van der Waals surface area contributed by atoms with Crippen molar-refractivity contribution in [2.24, 2.45) is 5.92 Å². The zero-order valence-electron chi connectivity index (χ0n) is 19.3. The molecule has 1 saturated carbocycles. The third kappa shape index (κ3) is 4.94. The normalized spacial score (nSPS) is 20.3. The van der Waals surface area contributed by atoms with E-state index < -0.39 is 16.3 Å². The van der Waals surface area contributed by atoms with Crippen LogP contribution in [0.4, 0.5) is 5.69 Å². The monoisotopic (exact) mass is 472 g/mol. The number of aliphatic hydroxyl groups excluding tert-OH is 1. The lowest BCUT2D eigenvalue weighted by Crippen LogP contribution is -2.22. The Labute approximate surface area is 196 Å². The van der Waals surface area contributed by atoms with E-state index in [0.717, 1.165) is 31.6 Å². The molecule has 2 aromatic rings. The molecule has 3 unspecified atom stereocenters. The number of methoxy groups -OCH3 is 1. The third-order valence-electron chi connectivity index (χ3n) is 6.47. The van der Waals surface area contributed by atoms with Crippen molar-refractivity contribution in [1.82, 2.24) is 4.90 Å². The van der Waals surface area contributed by atoms with Gasteiger partial charge in [0.2, 0.25) is 0 Å². The fourth-order valence-corrected chi connectivity index (χ4v) is 5.68. The number of nitrogens with zero attached hydrogens (tertiary/aromatic N) is 1. The number of ether oxygens (including phenoxy) is 2. The molecule has 1 aliphatic heterocycles. The molecule has 0 spiro atoms. The first-order chi connectivity index (χ1) is 15.9. The molecule has 0 aromatic heterocycles. The Morgan fingerprint density at radius 2 is 2.00 bits per heavy atom. The number of anilines is 1. The Morgan fingerprint density at radius 1 is 1.24 bits per heavy atom. The smallest absolute Gasteiger partial charge is 0.262 e. The van der Waals surface area contributed by atoms with Crippen LogP contribution in [0.25, 0.3) is 6.08 Å². The Bertz CT molecular complexity index is 1130. The van der Waals surface area contributed by atoms with Gasteiger partial charge < -0.3 is 19.5 Å². The molecule has 0 radical (unpaired) electrons. The molecule has 8 heteroatoms. The molecule has 7 nitrogen and oxygen atoms in total. The van der Waals surface area contributed by atoms with Gasteiger partial charge in [0, 0.05) is 19.6 Å². The number of benzene rings is 2. The van der Waals surface area contributed by atoms with E-state index >= 15 is 0 Å². The van der Waals surface area contributed by atoms with E-state index in [9.17, 15) is 13.5 Å². The van der Waals surface area contributed by atoms with Crippen LogP contribution in [0.5, 0.6) is 5.75 Å². The molecular formula is C25H32N2O5S. The second-order valence-electron chi connectivity index (χ2n) is 8.48. The van der Waals surface area contributed by atoms with Crippen molar-refractivity contribution in [2.45, 2.75) is 37.4 Å². The van der Waals surface area contributed by atoms with Crippen LogP contribution in [0.3, 0.4) is 0 Å². The minimum atomic E-state index is -3.94. The van der Waals surface area contributed by atoms with E-state index in [0.29, 0.717) is 35.3 Å². The van der Waals surface area contributed by atoms with Gasteiger partial charge in [-0.05, 0) is 48.7 Å². The molecule has 2 N–H and O–H groups in total. The highest BCUT2D eigenvalue weighted by atomic mass is 32.2. The summed E-state index contributed by atoms with van der Waals surface area (Å²) < 4.78 is 40.6. The first-order valence-electron chi connectivity index (χ1n) is 11.4. The second kappa shape index (κ2) is 9.85. The average Bonchev–Trinajstić information content (AvgIpc) is 3.61. The van der Waals surface area contributed by atoms with E-state index in [4.69, 9.17) is 9.47 Å². The zero-order valence-corrected chi connectivity index (χ0v) is 20.1. The van der Waals surface area contributed by atoms with Gasteiger partial charge in [0.1, 0.15) is 5.75 Å². The Morgan fingerprint density at radius 3 is 2.73 bits per heavy atom. The van der Waals surface area contributed by atoms with Crippen LogP contribution in [-0.4, -0.2) is 51.8 Å². The van der Waals surface area contributed by atoms with Crippen LogP contribution < -0.4 is 9.46 Å². The maximum Gasteiger partial charge on any atom is 0.262 e. The minimum absolute atomic E-state index is 0.166. The predicted molar refractivity (Wildman–Crippen MR) is 129 cm³/mol. The van der Waals surface area contributed by atoms with Gasteiger partial charge in [-0.25, -0.2) is 8.42 Å². The minimum Gasteiger partial charge on any atom is -0.492 e. The topological polar surface area (TPSA) is 88.1 Å². The van der Waals surface area contributed by atoms with Crippen molar-refractivity contribution in [3.05, 3.63) is 59.2 Å². The lowest BCUT2D eigenvalue weighted by molar-refractivity contribution is -0.0779. The van der Waals surface area contributed by atoms with Gasteiger partial charge in [-0.2, -0.15) is 0 Å². The molecule has 1 heterocycles. The van der Waals surface area contributed by atoms with Gasteiger partial charge in [0.25, 0.3) is 10.0 Å². The Hall–Kier alpha value is -2.39. The maximum atomic E-state index is 13.4. The van der Waals surface area contributed by atoms with Crippen molar-refractivity contribution in [1.29, 1.82) is 0 Å². The number of rotatable bonds is 10. The third-order valence-corrected chi connectivity index (χ3v) is 7.91. The molecule has 33 heavy (non-hydrogen) atoms. The average molecular weight is 473 g/mol. The fraction of sp³-hybridized carbons (Fsp3) is 0.440. The van der Waals surface area contributed by atoms with Crippen LogP contribution in [0, 0.1) is 5.92 Å². The Balaban J connectivity index is 1.66. The molecule has 2 aliphatic rings. The number of hydrogen-bond acceptors (Lipinski definition) is 6. The molecule has 4 rings (SSSR count). The lowest BCUT2D eigenvalue weighted by Gasteiger charge is -2.25. The summed E-state index contributed by atoms with van der Waals surface area (Å²) in [4.78, 5) is 2.40. The highest BCUT2D eigenvalue weighted by Gasteiger charge is 2.45.